The molecule has 17 heavy (non-hydrogen) atoms. The third kappa shape index (κ3) is 2.85. The summed E-state index contributed by atoms with van der Waals surface area (Å²) in [4.78, 5) is 0. The molecule has 0 aliphatic heterocycles. The standard InChI is InChI=1S/C14H19NOS/c1-10(17-3)8-15-9-13-11(2)16-14-7-5-4-6-12(13)14/h4-7,10,15H,8-9H2,1-3H3. The number of hydrogen-bond donors (Lipinski definition) is 1. The van der Waals surface area contributed by atoms with Crippen molar-refractivity contribution in [2.75, 3.05) is 12.8 Å². The first-order valence-electron chi connectivity index (χ1n) is 5.93. The molecule has 1 atom stereocenters. The Morgan fingerprint density at radius 1 is 1.35 bits per heavy atom. The van der Waals surface area contributed by atoms with E-state index in [1.165, 1.54) is 10.9 Å². The normalized spacial score (nSPS) is 13.1. The first-order chi connectivity index (χ1) is 8.22. The second-order valence-electron chi connectivity index (χ2n) is 4.31. The third-order valence-electron chi connectivity index (χ3n) is 3.04. The maximum Gasteiger partial charge on any atom is 0.134 e. The van der Waals surface area contributed by atoms with E-state index in [-0.39, 0.29) is 0 Å². The molecule has 0 bridgehead atoms. The third-order valence-corrected chi connectivity index (χ3v) is 4.01. The van der Waals surface area contributed by atoms with Gasteiger partial charge in [0.05, 0.1) is 0 Å². The fourth-order valence-corrected chi connectivity index (χ4v) is 2.21. The summed E-state index contributed by atoms with van der Waals surface area (Å²) in [5.41, 5.74) is 2.27. The van der Waals surface area contributed by atoms with Gasteiger partial charge in [-0.15, -0.1) is 0 Å². The highest BCUT2D eigenvalue weighted by Crippen LogP contribution is 2.24. The zero-order valence-corrected chi connectivity index (χ0v) is 11.4. The van der Waals surface area contributed by atoms with Gasteiger partial charge in [0.25, 0.3) is 0 Å². The molecule has 2 nitrogen and oxygen atoms in total. The smallest absolute Gasteiger partial charge is 0.134 e. The minimum Gasteiger partial charge on any atom is -0.461 e. The van der Waals surface area contributed by atoms with E-state index < -0.39 is 0 Å². The summed E-state index contributed by atoms with van der Waals surface area (Å²) in [6.45, 7) is 6.18. The second-order valence-corrected chi connectivity index (χ2v) is 5.59. The van der Waals surface area contributed by atoms with E-state index in [0.29, 0.717) is 5.25 Å². The van der Waals surface area contributed by atoms with Gasteiger partial charge in [-0.2, -0.15) is 11.8 Å². The summed E-state index contributed by atoms with van der Waals surface area (Å²) in [5, 5.41) is 5.37. The molecule has 0 saturated heterocycles. The largest absolute Gasteiger partial charge is 0.461 e. The lowest BCUT2D eigenvalue weighted by Crippen LogP contribution is -2.22. The number of furan rings is 1. The van der Waals surface area contributed by atoms with Crippen LogP contribution in [0, 0.1) is 6.92 Å². The van der Waals surface area contributed by atoms with Crippen LogP contribution in [-0.2, 0) is 6.54 Å². The minimum atomic E-state index is 0.647. The molecule has 3 heteroatoms. The summed E-state index contributed by atoms with van der Waals surface area (Å²) >= 11 is 1.88. The predicted octanol–water partition coefficient (Wildman–Crippen LogP) is 3.58. The SMILES string of the molecule is CSC(C)CNCc1c(C)oc2ccccc12. The molecule has 0 amide bonds. The van der Waals surface area contributed by atoms with Gasteiger partial charge in [0.2, 0.25) is 0 Å². The fourth-order valence-electron chi connectivity index (χ4n) is 1.92. The molecule has 0 radical (unpaired) electrons. The lowest BCUT2D eigenvalue weighted by molar-refractivity contribution is 0.565. The highest BCUT2D eigenvalue weighted by atomic mass is 32.2. The zero-order chi connectivity index (χ0) is 12.3. The van der Waals surface area contributed by atoms with Gasteiger partial charge >= 0.3 is 0 Å². The average molecular weight is 249 g/mol. The molecule has 1 heterocycles. The van der Waals surface area contributed by atoms with E-state index >= 15 is 0 Å². The molecule has 2 rings (SSSR count). The molecule has 0 aliphatic carbocycles. The first kappa shape index (κ1) is 12.5. The van der Waals surface area contributed by atoms with Gasteiger partial charge in [0.15, 0.2) is 0 Å². The van der Waals surface area contributed by atoms with Crippen LogP contribution in [0.3, 0.4) is 0 Å². The molecular weight excluding hydrogens is 230 g/mol. The van der Waals surface area contributed by atoms with Crippen LogP contribution in [0.15, 0.2) is 28.7 Å². The van der Waals surface area contributed by atoms with Gasteiger partial charge in [-0.05, 0) is 19.2 Å². The Hall–Kier alpha value is -0.930. The Morgan fingerprint density at radius 2 is 2.12 bits per heavy atom. The van der Waals surface area contributed by atoms with Crippen molar-refractivity contribution in [3.8, 4) is 0 Å². The van der Waals surface area contributed by atoms with Gasteiger partial charge in [-0.1, -0.05) is 25.1 Å². The summed E-state index contributed by atoms with van der Waals surface area (Å²) in [7, 11) is 0. The van der Waals surface area contributed by atoms with Crippen molar-refractivity contribution < 1.29 is 4.42 Å². The Kier molecular flexibility index (Phi) is 4.13. The van der Waals surface area contributed by atoms with Crippen molar-refractivity contribution in [3.63, 3.8) is 0 Å². The molecule has 1 N–H and O–H groups in total. The maximum atomic E-state index is 5.74. The van der Waals surface area contributed by atoms with Gasteiger partial charge in [-0.25, -0.2) is 0 Å². The molecule has 1 aromatic heterocycles. The Bertz CT molecular complexity index is 492. The molecule has 92 valence electrons. The number of para-hydroxylation sites is 1. The van der Waals surface area contributed by atoms with Crippen LogP contribution in [0.4, 0.5) is 0 Å². The summed E-state index contributed by atoms with van der Waals surface area (Å²) in [6, 6.07) is 8.22. The number of aryl methyl sites for hydroxylation is 1. The van der Waals surface area contributed by atoms with E-state index in [1.54, 1.807) is 0 Å². The van der Waals surface area contributed by atoms with Crippen molar-refractivity contribution in [3.05, 3.63) is 35.6 Å². The van der Waals surface area contributed by atoms with Crippen LogP contribution >= 0.6 is 11.8 Å². The first-order valence-corrected chi connectivity index (χ1v) is 7.21. The molecule has 0 aliphatic rings. The van der Waals surface area contributed by atoms with Crippen LogP contribution in [-0.4, -0.2) is 18.1 Å². The van der Waals surface area contributed by atoms with Crippen LogP contribution in [0.1, 0.15) is 18.2 Å². The summed E-state index contributed by atoms with van der Waals surface area (Å²) in [5.74, 6) is 1.02. The van der Waals surface area contributed by atoms with Crippen LogP contribution in [0.5, 0.6) is 0 Å². The minimum absolute atomic E-state index is 0.647. The van der Waals surface area contributed by atoms with E-state index in [1.807, 2.05) is 30.8 Å². The van der Waals surface area contributed by atoms with Crippen molar-refractivity contribution in [2.45, 2.75) is 25.6 Å². The fraction of sp³-hybridized carbons (Fsp3) is 0.429. The van der Waals surface area contributed by atoms with Crippen molar-refractivity contribution in [1.82, 2.24) is 5.32 Å². The lowest BCUT2D eigenvalue weighted by atomic mass is 10.1. The van der Waals surface area contributed by atoms with E-state index in [2.05, 4.69) is 30.6 Å². The van der Waals surface area contributed by atoms with E-state index in [0.717, 1.165) is 24.4 Å². The Labute approximate surface area is 107 Å². The van der Waals surface area contributed by atoms with Gasteiger partial charge in [0.1, 0.15) is 11.3 Å². The molecule has 0 spiro atoms. The Balaban J connectivity index is 2.10. The molecule has 1 aromatic carbocycles. The van der Waals surface area contributed by atoms with Crippen LogP contribution in [0.2, 0.25) is 0 Å². The molecule has 0 fully saturated rings. The highest BCUT2D eigenvalue weighted by molar-refractivity contribution is 7.99. The summed E-state index contributed by atoms with van der Waals surface area (Å²) < 4.78 is 5.74. The van der Waals surface area contributed by atoms with Crippen molar-refractivity contribution in [1.29, 1.82) is 0 Å². The van der Waals surface area contributed by atoms with Crippen molar-refractivity contribution >= 4 is 22.7 Å². The maximum absolute atomic E-state index is 5.74. The van der Waals surface area contributed by atoms with Gasteiger partial charge < -0.3 is 9.73 Å². The molecule has 1 unspecified atom stereocenters. The Morgan fingerprint density at radius 3 is 2.88 bits per heavy atom. The zero-order valence-electron chi connectivity index (χ0n) is 10.6. The second kappa shape index (κ2) is 5.61. The van der Waals surface area contributed by atoms with Gasteiger partial charge in [-0.3, -0.25) is 0 Å². The number of hydrogen-bond acceptors (Lipinski definition) is 3. The number of fused-ring (bicyclic) bond motifs is 1. The predicted molar refractivity (Wildman–Crippen MR) is 75.6 cm³/mol. The number of rotatable bonds is 5. The quantitative estimate of drug-likeness (QED) is 0.876. The lowest BCUT2D eigenvalue weighted by Gasteiger charge is -2.09. The van der Waals surface area contributed by atoms with Crippen LogP contribution in [0.25, 0.3) is 11.0 Å². The highest BCUT2D eigenvalue weighted by Gasteiger charge is 2.09. The average Bonchev–Trinajstić information content (AvgIpc) is 2.66. The van der Waals surface area contributed by atoms with E-state index in [4.69, 9.17) is 4.42 Å². The van der Waals surface area contributed by atoms with Crippen LogP contribution < -0.4 is 5.32 Å². The molecule has 2 aromatic rings. The molecular formula is C14H19NOS. The number of nitrogens with one attached hydrogen (secondary N) is 1. The topological polar surface area (TPSA) is 25.2 Å². The monoisotopic (exact) mass is 249 g/mol. The summed E-state index contributed by atoms with van der Waals surface area (Å²) in [6.07, 6.45) is 2.14. The number of benzene rings is 1. The number of thioether (sulfide) groups is 1. The van der Waals surface area contributed by atoms with E-state index in [9.17, 15) is 0 Å². The molecule has 0 saturated carbocycles. The van der Waals surface area contributed by atoms with Gasteiger partial charge in [0, 0.05) is 29.3 Å². The van der Waals surface area contributed by atoms with Crippen molar-refractivity contribution in [2.24, 2.45) is 0 Å².